The molecule has 3 nitrogen and oxygen atoms in total. The third-order valence-electron chi connectivity index (χ3n) is 2.96. The highest BCUT2D eigenvalue weighted by Crippen LogP contribution is 2.05. The number of amides is 1. The maximum Gasteiger partial charge on any atom is 0.251 e. The van der Waals surface area contributed by atoms with Gasteiger partial charge in [0, 0.05) is 19.2 Å². The lowest BCUT2D eigenvalue weighted by molar-refractivity contribution is 0.0963. The van der Waals surface area contributed by atoms with Crippen LogP contribution in [0.3, 0.4) is 0 Å². The number of hydrogen-bond donors (Lipinski definition) is 2. The molecule has 0 saturated heterocycles. The second-order valence-corrected chi connectivity index (χ2v) is 4.42. The smallest absolute Gasteiger partial charge is 0.251 e. The van der Waals surface area contributed by atoms with E-state index in [4.69, 9.17) is 0 Å². The fourth-order valence-corrected chi connectivity index (χ4v) is 1.53. The highest BCUT2D eigenvalue weighted by atomic mass is 16.1. The molecule has 0 aliphatic rings. The molecule has 0 heterocycles. The van der Waals surface area contributed by atoms with Crippen molar-refractivity contribution >= 4 is 5.91 Å². The molecule has 0 radical (unpaired) electrons. The summed E-state index contributed by atoms with van der Waals surface area (Å²) in [5.41, 5.74) is 1.92. The summed E-state index contributed by atoms with van der Waals surface area (Å²) in [6.45, 7) is 6.33. The molecular formula is C14H22N2O. The van der Waals surface area contributed by atoms with Crippen LogP contribution >= 0.6 is 0 Å². The van der Waals surface area contributed by atoms with Gasteiger partial charge in [-0.15, -0.1) is 0 Å². The molecule has 0 aromatic heterocycles. The third-order valence-corrected chi connectivity index (χ3v) is 2.96. The van der Waals surface area contributed by atoms with Gasteiger partial charge in [-0.3, -0.25) is 4.79 Å². The summed E-state index contributed by atoms with van der Waals surface area (Å²) in [5.74, 6) is 0.671. The van der Waals surface area contributed by atoms with E-state index in [0.29, 0.717) is 11.5 Å². The Balaban J connectivity index is 2.43. The van der Waals surface area contributed by atoms with Crippen LogP contribution in [0.5, 0.6) is 0 Å². The van der Waals surface area contributed by atoms with Crippen molar-refractivity contribution in [2.75, 3.05) is 13.6 Å². The van der Waals surface area contributed by atoms with E-state index in [2.05, 4.69) is 24.5 Å². The second kappa shape index (κ2) is 7.07. The molecule has 1 amide bonds. The van der Waals surface area contributed by atoms with E-state index in [9.17, 15) is 4.79 Å². The quantitative estimate of drug-likeness (QED) is 0.792. The molecule has 1 atom stereocenters. The minimum absolute atomic E-state index is 0.0379. The van der Waals surface area contributed by atoms with E-state index < -0.39 is 0 Å². The van der Waals surface area contributed by atoms with Gasteiger partial charge in [0.1, 0.15) is 0 Å². The van der Waals surface area contributed by atoms with Crippen LogP contribution in [-0.4, -0.2) is 19.5 Å². The zero-order chi connectivity index (χ0) is 12.7. The van der Waals surface area contributed by atoms with Gasteiger partial charge in [0.05, 0.1) is 0 Å². The first-order valence-electron chi connectivity index (χ1n) is 6.19. The first-order chi connectivity index (χ1) is 8.17. The molecule has 94 valence electrons. The molecule has 3 heteroatoms. The van der Waals surface area contributed by atoms with E-state index in [1.54, 1.807) is 7.05 Å². The Morgan fingerprint density at radius 2 is 1.94 bits per heavy atom. The van der Waals surface area contributed by atoms with E-state index >= 15 is 0 Å². The lowest BCUT2D eigenvalue weighted by atomic mass is 10.1. The van der Waals surface area contributed by atoms with Crippen LogP contribution in [0.15, 0.2) is 24.3 Å². The fraction of sp³-hybridized carbons (Fsp3) is 0.500. The lowest BCUT2D eigenvalue weighted by Crippen LogP contribution is -2.20. The Morgan fingerprint density at radius 1 is 1.29 bits per heavy atom. The maximum atomic E-state index is 11.3. The molecule has 2 N–H and O–H groups in total. The van der Waals surface area contributed by atoms with Gasteiger partial charge in [-0.05, 0) is 30.2 Å². The summed E-state index contributed by atoms with van der Waals surface area (Å²) < 4.78 is 0. The minimum atomic E-state index is -0.0379. The van der Waals surface area contributed by atoms with Gasteiger partial charge in [-0.1, -0.05) is 32.4 Å². The van der Waals surface area contributed by atoms with Gasteiger partial charge in [-0.25, -0.2) is 0 Å². The van der Waals surface area contributed by atoms with Crippen molar-refractivity contribution in [1.29, 1.82) is 0 Å². The van der Waals surface area contributed by atoms with E-state index in [-0.39, 0.29) is 5.91 Å². The van der Waals surface area contributed by atoms with Crippen LogP contribution in [-0.2, 0) is 6.54 Å². The van der Waals surface area contributed by atoms with Crippen LogP contribution in [0.25, 0.3) is 0 Å². The van der Waals surface area contributed by atoms with Gasteiger partial charge in [0.2, 0.25) is 0 Å². The predicted octanol–water partition coefficient (Wildman–Crippen LogP) is 2.18. The number of carbonyl (C=O) groups is 1. The van der Waals surface area contributed by atoms with Crippen LogP contribution in [0, 0.1) is 5.92 Å². The van der Waals surface area contributed by atoms with Crippen LogP contribution in [0.4, 0.5) is 0 Å². The molecule has 0 spiro atoms. The Bertz CT molecular complexity index is 346. The fourth-order valence-electron chi connectivity index (χ4n) is 1.53. The van der Waals surface area contributed by atoms with Crippen molar-refractivity contribution in [2.45, 2.75) is 26.8 Å². The molecule has 1 aromatic carbocycles. The Morgan fingerprint density at radius 3 is 2.47 bits per heavy atom. The molecule has 17 heavy (non-hydrogen) atoms. The van der Waals surface area contributed by atoms with Crippen LogP contribution in [0.2, 0.25) is 0 Å². The average Bonchev–Trinajstić information content (AvgIpc) is 2.38. The average molecular weight is 234 g/mol. The molecule has 0 saturated carbocycles. The summed E-state index contributed by atoms with van der Waals surface area (Å²) in [4.78, 5) is 11.3. The summed E-state index contributed by atoms with van der Waals surface area (Å²) in [6, 6.07) is 7.71. The number of hydrogen-bond acceptors (Lipinski definition) is 2. The molecule has 0 aliphatic carbocycles. The zero-order valence-electron chi connectivity index (χ0n) is 10.9. The Kier molecular flexibility index (Phi) is 5.70. The monoisotopic (exact) mass is 234 g/mol. The van der Waals surface area contributed by atoms with Gasteiger partial charge in [0.15, 0.2) is 0 Å². The molecular weight excluding hydrogens is 212 g/mol. The van der Waals surface area contributed by atoms with Crippen molar-refractivity contribution in [1.82, 2.24) is 10.6 Å². The Labute approximate surface area is 104 Å². The van der Waals surface area contributed by atoms with Crippen LogP contribution in [0.1, 0.15) is 36.2 Å². The summed E-state index contributed by atoms with van der Waals surface area (Å²) in [6.07, 6.45) is 1.20. The van der Waals surface area contributed by atoms with Gasteiger partial charge >= 0.3 is 0 Å². The number of nitrogens with one attached hydrogen (secondary N) is 2. The van der Waals surface area contributed by atoms with E-state index in [1.807, 2.05) is 24.3 Å². The van der Waals surface area contributed by atoms with Crippen molar-refractivity contribution in [3.05, 3.63) is 35.4 Å². The molecule has 1 aromatic rings. The van der Waals surface area contributed by atoms with Crippen molar-refractivity contribution in [2.24, 2.45) is 5.92 Å². The Hall–Kier alpha value is -1.35. The molecule has 0 fully saturated rings. The second-order valence-electron chi connectivity index (χ2n) is 4.42. The third kappa shape index (κ3) is 4.57. The largest absolute Gasteiger partial charge is 0.355 e. The van der Waals surface area contributed by atoms with Gasteiger partial charge in [-0.2, -0.15) is 0 Å². The van der Waals surface area contributed by atoms with Gasteiger partial charge < -0.3 is 10.6 Å². The topological polar surface area (TPSA) is 41.1 Å². The highest BCUT2D eigenvalue weighted by molar-refractivity contribution is 5.93. The molecule has 1 unspecified atom stereocenters. The van der Waals surface area contributed by atoms with E-state index in [0.717, 1.165) is 13.1 Å². The van der Waals surface area contributed by atoms with Crippen molar-refractivity contribution in [3.8, 4) is 0 Å². The van der Waals surface area contributed by atoms with Crippen molar-refractivity contribution < 1.29 is 4.79 Å². The van der Waals surface area contributed by atoms with Crippen LogP contribution < -0.4 is 10.6 Å². The summed E-state index contributed by atoms with van der Waals surface area (Å²) >= 11 is 0. The SMILES string of the molecule is CCC(C)CNCc1ccc(C(=O)NC)cc1. The molecule has 0 aliphatic heterocycles. The number of benzene rings is 1. The number of carbonyl (C=O) groups excluding carboxylic acids is 1. The lowest BCUT2D eigenvalue weighted by Gasteiger charge is -2.10. The first kappa shape index (κ1) is 13.7. The normalized spacial score (nSPS) is 12.2. The summed E-state index contributed by atoms with van der Waals surface area (Å²) in [5, 5.41) is 6.03. The maximum absolute atomic E-state index is 11.3. The van der Waals surface area contributed by atoms with E-state index in [1.165, 1.54) is 12.0 Å². The predicted molar refractivity (Wildman–Crippen MR) is 71.0 cm³/mol. The first-order valence-corrected chi connectivity index (χ1v) is 6.19. The standard InChI is InChI=1S/C14H22N2O/c1-4-11(2)9-16-10-12-5-7-13(8-6-12)14(17)15-3/h5-8,11,16H,4,9-10H2,1-3H3,(H,15,17). The molecule has 0 bridgehead atoms. The summed E-state index contributed by atoms with van der Waals surface area (Å²) in [7, 11) is 1.64. The highest BCUT2D eigenvalue weighted by Gasteiger charge is 2.02. The van der Waals surface area contributed by atoms with Gasteiger partial charge in [0.25, 0.3) is 5.91 Å². The number of rotatable bonds is 6. The molecule has 1 rings (SSSR count). The zero-order valence-corrected chi connectivity index (χ0v) is 10.9. The van der Waals surface area contributed by atoms with Crippen molar-refractivity contribution in [3.63, 3.8) is 0 Å². The minimum Gasteiger partial charge on any atom is -0.355 e.